The smallest absolute Gasteiger partial charge is 0.191 e. The molecule has 1 aromatic carbocycles. The Bertz CT molecular complexity index is 1930. The second kappa shape index (κ2) is 10.5. The summed E-state index contributed by atoms with van der Waals surface area (Å²) in [4.78, 5) is 8.11. The molecule has 2 aliphatic rings. The van der Waals surface area contributed by atoms with Crippen molar-refractivity contribution in [1.29, 1.82) is 0 Å². The molecule has 0 bridgehead atoms. The van der Waals surface area contributed by atoms with Gasteiger partial charge in [0.15, 0.2) is 22.1 Å². The highest BCUT2D eigenvalue weighted by atomic mass is 32.2. The van der Waals surface area contributed by atoms with Crippen molar-refractivity contribution in [3.63, 3.8) is 0 Å². The predicted molar refractivity (Wildman–Crippen MR) is 133 cm³/mol. The number of hydrogen-bond donors (Lipinski definition) is 4. The Kier molecular flexibility index (Phi) is 3.64. The Balaban J connectivity index is 1.71. The van der Waals surface area contributed by atoms with E-state index in [1.54, 1.807) is 0 Å². The van der Waals surface area contributed by atoms with Crippen LogP contribution in [-0.4, -0.2) is 83.4 Å². The number of nitrogens with one attached hydrogen (secondary N) is 1. The normalized spacial score (nSPS) is 46.9. The molecule has 36 heavy (non-hydrogen) atoms. The fraction of sp³-hybridized carbons (Fsp3) is 0.583. The highest BCUT2D eigenvalue weighted by Gasteiger charge is 2.45. The molecule has 2 fully saturated rings. The third kappa shape index (κ3) is 4.92. The fourth-order valence-electron chi connectivity index (χ4n) is 3.34. The summed E-state index contributed by atoms with van der Waals surface area (Å²) in [7, 11) is 0. The van der Waals surface area contributed by atoms with E-state index in [-0.39, 0.29) is 34.0 Å². The van der Waals surface area contributed by atoms with Crippen molar-refractivity contribution >= 4 is 28.7 Å². The molecule has 4 N–H and O–H groups in total. The summed E-state index contributed by atoms with van der Waals surface area (Å²) in [5.41, 5.74) is -4.85. The molecule has 0 amide bonds. The molecule has 6 atom stereocenters. The number of aliphatic hydroxyl groups is 3. The van der Waals surface area contributed by atoms with Crippen molar-refractivity contribution < 1.29 is 46.4 Å². The number of nitrogens with zero attached hydrogens (tertiary/aromatic N) is 5. The third-order valence-electron chi connectivity index (χ3n) is 5.18. The van der Waals surface area contributed by atoms with Gasteiger partial charge in [0.2, 0.25) is 0 Å². The lowest BCUT2D eigenvalue weighted by molar-refractivity contribution is -0.0629. The summed E-state index contributed by atoms with van der Waals surface area (Å²) in [5, 5.41) is 41.0. The molecule has 2 heterocycles. The standard InChI is InChI=1S/C24H31FN6O4S/c1-3-8-36-24-27-22(26-16-10-14(16)13-5-4-12(2)15(25)9-13)19-23(28-24)31(30-29-19)17-11-18(35-7-6-32)21(34)20(17)33/h4-5,9,14,16-18,20-21,32-34H,3,6-8,10-11H2,1-2H3,(H,26,27,28)/t14-,16+,17+,18-,20-,21+/m0/s1/i3D2,4D,5D,6D2,8D2,9D,11D2,16D,17D,18D,20D,21D. The maximum Gasteiger partial charge on any atom is 0.191 e. The van der Waals surface area contributed by atoms with Crippen LogP contribution >= 0.6 is 11.8 Å². The van der Waals surface area contributed by atoms with E-state index in [4.69, 9.17) is 26.7 Å². The zero-order chi connectivity index (χ0) is 39.8. The molecular weight excluding hydrogens is 487 g/mol. The molecule has 0 saturated heterocycles. The maximum atomic E-state index is 14.8. The number of benzene rings is 1. The van der Waals surface area contributed by atoms with Crippen LogP contribution in [0.25, 0.3) is 11.2 Å². The Morgan fingerprint density at radius 3 is 3.00 bits per heavy atom. The summed E-state index contributed by atoms with van der Waals surface area (Å²) >= 11 is 0.0493. The first-order valence-corrected chi connectivity index (χ1v) is 11.2. The minimum absolute atomic E-state index is 0.0433. The first-order chi connectivity index (χ1) is 23.2. The van der Waals surface area contributed by atoms with Gasteiger partial charge in [-0.3, -0.25) is 0 Å². The zero-order valence-corrected chi connectivity index (χ0v) is 19.6. The average molecular weight is 535 g/mol. The number of anilines is 1. The number of rotatable bonds is 10. The van der Waals surface area contributed by atoms with Crippen LogP contribution in [0.5, 0.6) is 0 Å². The van der Waals surface area contributed by atoms with Crippen molar-refractivity contribution in [3.05, 3.63) is 35.1 Å². The van der Waals surface area contributed by atoms with Crippen molar-refractivity contribution in [2.75, 3.05) is 24.2 Å². The van der Waals surface area contributed by atoms with Gasteiger partial charge in [0.1, 0.15) is 18.0 Å². The van der Waals surface area contributed by atoms with Gasteiger partial charge in [-0.2, -0.15) is 0 Å². The predicted octanol–water partition coefficient (Wildman–Crippen LogP) is 2.18. The van der Waals surface area contributed by atoms with Crippen molar-refractivity contribution in [1.82, 2.24) is 25.0 Å². The minimum Gasteiger partial charge on any atom is -0.394 e. The fourth-order valence-corrected chi connectivity index (χ4v) is 3.81. The van der Waals surface area contributed by atoms with Gasteiger partial charge in [-0.25, -0.2) is 19.0 Å². The highest BCUT2D eigenvalue weighted by molar-refractivity contribution is 7.99. The Morgan fingerprint density at radius 2 is 2.22 bits per heavy atom. The summed E-state index contributed by atoms with van der Waals surface area (Å²) in [6, 6.07) is -7.61. The number of aromatic nitrogens is 5. The second-order valence-corrected chi connectivity index (χ2v) is 8.34. The molecule has 2 aromatic heterocycles. The molecule has 3 aromatic rings. The minimum atomic E-state index is -4.17. The molecule has 0 unspecified atom stereocenters. The number of fused-ring (bicyclic) bond motifs is 1. The van der Waals surface area contributed by atoms with Crippen LogP contribution in [0.3, 0.4) is 0 Å². The first kappa shape index (κ1) is 12.4. The summed E-state index contributed by atoms with van der Waals surface area (Å²) in [5.74, 6) is -2.77. The van der Waals surface area contributed by atoms with Crippen LogP contribution < -0.4 is 5.32 Å². The largest absolute Gasteiger partial charge is 0.394 e. The lowest BCUT2D eigenvalue weighted by Gasteiger charge is -2.17. The Labute approximate surface area is 234 Å². The Hall–Kier alpha value is -2.38. The molecule has 0 radical (unpaired) electrons. The molecule has 12 heteroatoms. The van der Waals surface area contributed by atoms with Crippen LogP contribution in [0, 0.1) is 12.7 Å². The first-order valence-electron chi connectivity index (χ1n) is 18.4. The molecule has 194 valence electrons. The van der Waals surface area contributed by atoms with Crippen LogP contribution in [0.4, 0.5) is 10.2 Å². The maximum absolute atomic E-state index is 14.8. The number of hydrogen-bond acceptors (Lipinski definition) is 10. The number of thioether (sulfide) groups is 1. The van der Waals surface area contributed by atoms with E-state index in [1.165, 1.54) is 6.92 Å². The molecule has 0 aliphatic heterocycles. The van der Waals surface area contributed by atoms with Gasteiger partial charge in [-0.05, 0) is 36.9 Å². The van der Waals surface area contributed by atoms with E-state index in [2.05, 4.69) is 25.6 Å². The van der Waals surface area contributed by atoms with Crippen molar-refractivity contribution in [3.8, 4) is 0 Å². The van der Waals surface area contributed by atoms with E-state index >= 15 is 0 Å². The zero-order valence-electron chi connectivity index (χ0n) is 34.8. The second-order valence-electron chi connectivity index (χ2n) is 7.56. The van der Waals surface area contributed by atoms with Gasteiger partial charge in [-0.15, -0.1) is 5.10 Å². The number of ether oxygens (including phenoxy) is 1. The third-order valence-corrected chi connectivity index (χ3v) is 5.85. The van der Waals surface area contributed by atoms with E-state index in [9.17, 15) is 19.7 Å². The summed E-state index contributed by atoms with van der Waals surface area (Å²) in [6.07, 6.45) is -19.0. The molecule has 2 saturated carbocycles. The Morgan fingerprint density at radius 1 is 1.39 bits per heavy atom. The summed E-state index contributed by atoms with van der Waals surface area (Å²) < 4.78 is 152. The van der Waals surface area contributed by atoms with E-state index in [1.807, 2.05) is 0 Å². The van der Waals surface area contributed by atoms with Gasteiger partial charge in [0, 0.05) is 32.2 Å². The van der Waals surface area contributed by atoms with Gasteiger partial charge in [-0.1, -0.05) is 36.0 Å². The summed E-state index contributed by atoms with van der Waals surface area (Å²) in [6.45, 7) is -2.79. The van der Waals surface area contributed by atoms with Gasteiger partial charge in [0.05, 0.1) is 39.0 Å². The van der Waals surface area contributed by atoms with Crippen LogP contribution in [-0.2, 0) is 4.74 Å². The van der Waals surface area contributed by atoms with Gasteiger partial charge < -0.3 is 25.4 Å². The molecular formula is C24H31FN6O4S. The van der Waals surface area contributed by atoms with E-state index < -0.39 is 114 Å². The van der Waals surface area contributed by atoms with Crippen LogP contribution in [0.1, 0.15) is 71.1 Å². The quantitative estimate of drug-likeness (QED) is 0.226. The average Bonchev–Trinajstić information content (AvgIpc) is 3.42. The van der Waals surface area contributed by atoms with Gasteiger partial charge >= 0.3 is 0 Å². The van der Waals surface area contributed by atoms with E-state index in [0.29, 0.717) is 0 Å². The van der Waals surface area contributed by atoms with Crippen LogP contribution in [0.15, 0.2) is 23.3 Å². The van der Waals surface area contributed by atoms with Gasteiger partial charge in [0.25, 0.3) is 0 Å². The lowest BCUT2D eigenvalue weighted by atomic mass is 10.1. The topological polar surface area (TPSA) is 138 Å². The van der Waals surface area contributed by atoms with Crippen molar-refractivity contribution in [2.24, 2.45) is 0 Å². The SMILES string of the molecule is [2H]c1c([2H])c([C@@H]2C[C@@]2([2H])Nc2nc(SC([2H])([2H])C([2H])([2H])C)nc3c2nnn3[C@]2([2H])C([2H])([2H])[C@]([2H])(OCC([2H])([2H])O)[C@@]([2H])(O)[C@@]2([2H])O)c([2H])c(F)c1C. The van der Waals surface area contributed by atoms with E-state index in [0.717, 1.165) is 6.92 Å². The van der Waals surface area contributed by atoms with Crippen molar-refractivity contribution in [2.45, 2.75) is 74.4 Å². The number of halogens is 1. The lowest BCUT2D eigenvalue weighted by Crippen LogP contribution is -2.33. The molecule has 0 spiro atoms. The van der Waals surface area contributed by atoms with Crippen LogP contribution in [0.2, 0.25) is 0 Å². The molecule has 10 nitrogen and oxygen atoms in total. The highest BCUT2D eigenvalue weighted by Crippen LogP contribution is 2.44. The monoisotopic (exact) mass is 534 g/mol. The molecule has 5 rings (SSSR count). The molecule has 2 aliphatic carbocycles.